The van der Waals surface area contributed by atoms with Crippen molar-refractivity contribution in [1.29, 1.82) is 0 Å². The Bertz CT molecular complexity index is 1280. The second-order valence-corrected chi connectivity index (χ2v) is 8.72. The van der Waals surface area contributed by atoms with E-state index in [1.165, 1.54) is 23.1 Å². The van der Waals surface area contributed by atoms with Gasteiger partial charge in [0.1, 0.15) is 0 Å². The first-order valence-corrected chi connectivity index (χ1v) is 11.1. The number of nitrogens with zero attached hydrogens (tertiary/aromatic N) is 1. The number of anilines is 1. The number of halogens is 7. The highest BCUT2D eigenvalue weighted by atomic mass is 35.5. The Labute approximate surface area is 208 Å². The van der Waals surface area contributed by atoms with Gasteiger partial charge in [-0.1, -0.05) is 35.9 Å². The van der Waals surface area contributed by atoms with Gasteiger partial charge in [0.25, 0.3) is 5.91 Å². The molecule has 0 saturated heterocycles. The van der Waals surface area contributed by atoms with Crippen LogP contribution in [0, 0.1) is 0 Å². The SMILES string of the molecule is C[C@@H](NC1=C[C@H](c2cccc(C(F)(F)F)c2)N(c2ccc(C(F)(F)F)cc2)C1=O)c1ccc(Cl)cc1. The minimum atomic E-state index is -4.61. The van der Waals surface area contributed by atoms with Crippen LogP contribution in [-0.2, 0) is 17.1 Å². The molecule has 4 rings (SSSR count). The van der Waals surface area contributed by atoms with Gasteiger partial charge in [-0.3, -0.25) is 9.69 Å². The van der Waals surface area contributed by atoms with E-state index in [1.807, 2.05) is 0 Å². The molecule has 1 N–H and O–H groups in total. The molecule has 188 valence electrons. The molecule has 0 aromatic heterocycles. The van der Waals surface area contributed by atoms with Crippen LogP contribution in [0.5, 0.6) is 0 Å². The summed E-state index contributed by atoms with van der Waals surface area (Å²) in [5.74, 6) is -0.585. The summed E-state index contributed by atoms with van der Waals surface area (Å²) in [6.45, 7) is 1.79. The Balaban J connectivity index is 1.72. The van der Waals surface area contributed by atoms with Gasteiger partial charge < -0.3 is 5.32 Å². The number of amides is 1. The fourth-order valence-electron chi connectivity index (χ4n) is 3.97. The fourth-order valence-corrected chi connectivity index (χ4v) is 4.10. The molecule has 3 aromatic rings. The Morgan fingerprint density at radius 3 is 2.06 bits per heavy atom. The van der Waals surface area contributed by atoms with Crippen LogP contribution in [0.3, 0.4) is 0 Å². The summed E-state index contributed by atoms with van der Waals surface area (Å²) >= 11 is 5.92. The number of nitrogens with one attached hydrogen (secondary N) is 1. The second-order valence-electron chi connectivity index (χ2n) is 8.29. The minimum absolute atomic E-state index is 0.111. The molecular formula is C26H19ClF6N2O. The zero-order valence-corrected chi connectivity index (χ0v) is 19.4. The summed E-state index contributed by atoms with van der Waals surface area (Å²) in [5, 5.41) is 3.60. The molecule has 0 bridgehead atoms. The highest BCUT2D eigenvalue weighted by Gasteiger charge is 2.38. The molecule has 36 heavy (non-hydrogen) atoms. The first kappa shape index (κ1) is 25.6. The van der Waals surface area contributed by atoms with E-state index in [9.17, 15) is 31.1 Å². The molecule has 2 atom stereocenters. The minimum Gasteiger partial charge on any atom is -0.374 e. The molecule has 3 nitrogen and oxygen atoms in total. The van der Waals surface area contributed by atoms with Gasteiger partial charge in [0.05, 0.1) is 22.9 Å². The van der Waals surface area contributed by atoms with Crippen LogP contribution in [0.1, 0.15) is 41.3 Å². The molecule has 10 heteroatoms. The van der Waals surface area contributed by atoms with Gasteiger partial charge in [-0.2, -0.15) is 26.3 Å². The van der Waals surface area contributed by atoms with E-state index in [4.69, 9.17) is 11.6 Å². The van der Waals surface area contributed by atoms with E-state index in [-0.39, 0.29) is 23.0 Å². The average molecular weight is 525 g/mol. The van der Waals surface area contributed by atoms with Crippen molar-refractivity contribution < 1.29 is 31.1 Å². The van der Waals surface area contributed by atoms with Crippen LogP contribution in [0.4, 0.5) is 32.0 Å². The zero-order chi connectivity index (χ0) is 26.3. The highest BCUT2D eigenvalue weighted by Crippen LogP contribution is 2.39. The maximum atomic E-state index is 13.4. The van der Waals surface area contributed by atoms with E-state index in [0.717, 1.165) is 42.0 Å². The summed E-state index contributed by atoms with van der Waals surface area (Å²) in [6.07, 6.45) is -7.71. The lowest BCUT2D eigenvalue weighted by Gasteiger charge is -2.26. The molecule has 0 aliphatic carbocycles. The second kappa shape index (κ2) is 9.54. The van der Waals surface area contributed by atoms with Crippen LogP contribution in [-0.4, -0.2) is 5.91 Å². The maximum absolute atomic E-state index is 13.4. The van der Waals surface area contributed by atoms with Crippen LogP contribution in [0.15, 0.2) is 84.6 Å². The van der Waals surface area contributed by atoms with E-state index in [0.29, 0.717) is 5.02 Å². The van der Waals surface area contributed by atoms with Crippen molar-refractivity contribution in [2.24, 2.45) is 0 Å². The third-order valence-corrected chi connectivity index (χ3v) is 6.07. The van der Waals surface area contributed by atoms with Crippen molar-refractivity contribution in [3.63, 3.8) is 0 Å². The zero-order valence-electron chi connectivity index (χ0n) is 18.7. The molecule has 0 saturated carbocycles. The first-order chi connectivity index (χ1) is 16.8. The maximum Gasteiger partial charge on any atom is 0.416 e. The number of hydrogen-bond acceptors (Lipinski definition) is 2. The molecule has 1 aliphatic rings. The van der Waals surface area contributed by atoms with E-state index in [1.54, 1.807) is 31.2 Å². The lowest BCUT2D eigenvalue weighted by atomic mass is 10.0. The predicted molar refractivity (Wildman–Crippen MR) is 124 cm³/mol. The normalized spacial score (nSPS) is 17.2. The molecule has 0 fully saturated rings. The number of carbonyl (C=O) groups is 1. The largest absolute Gasteiger partial charge is 0.416 e. The molecule has 3 aromatic carbocycles. The molecule has 0 unspecified atom stereocenters. The lowest BCUT2D eigenvalue weighted by Crippen LogP contribution is -2.33. The Morgan fingerprint density at radius 2 is 1.47 bits per heavy atom. The van der Waals surface area contributed by atoms with E-state index >= 15 is 0 Å². The van der Waals surface area contributed by atoms with E-state index in [2.05, 4.69) is 5.32 Å². The van der Waals surface area contributed by atoms with Gasteiger partial charge in [0.15, 0.2) is 0 Å². The van der Waals surface area contributed by atoms with Crippen molar-refractivity contribution in [3.8, 4) is 0 Å². The molecule has 0 spiro atoms. The Hall–Kier alpha value is -3.46. The van der Waals surface area contributed by atoms with E-state index < -0.39 is 35.4 Å². The van der Waals surface area contributed by atoms with Gasteiger partial charge >= 0.3 is 12.4 Å². The summed E-state index contributed by atoms with van der Waals surface area (Å²) in [4.78, 5) is 14.6. The highest BCUT2D eigenvalue weighted by molar-refractivity contribution is 6.30. The van der Waals surface area contributed by atoms with Gasteiger partial charge in [-0.25, -0.2) is 0 Å². The van der Waals surface area contributed by atoms with Crippen molar-refractivity contribution in [1.82, 2.24) is 5.32 Å². The topological polar surface area (TPSA) is 32.3 Å². The Morgan fingerprint density at radius 1 is 0.861 bits per heavy atom. The Kier molecular flexibility index (Phi) is 6.79. The van der Waals surface area contributed by atoms with Crippen molar-refractivity contribution in [2.45, 2.75) is 31.4 Å². The predicted octanol–water partition coefficient (Wildman–Crippen LogP) is 7.70. The molecule has 0 radical (unpaired) electrons. The third kappa shape index (κ3) is 5.36. The number of hydrogen-bond donors (Lipinski definition) is 1. The van der Waals surface area contributed by atoms with Crippen LogP contribution >= 0.6 is 11.6 Å². The third-order valence-electron chi connectivity index (χ3n) is 5.82. The standard InChI is InChI=1S/C26H19ClF6N2O/c1-15(16-5-9-20(27)10-6-16)34-22-14-23(17-3-2-4-19(13-17)26(31,32)33)35(24(22)36)21-11-7-18(8-12-21)25(28,29)30/h2-15,23,34H,1H3/t15-,23-/m1/s1. The fraction of sp³-hybridized carbons (Fsp3) is 0.192. The van der Waals surface area contributed by atoms with Gasteiger partial charge in [0, 0.05) is 16.8 Å². The number of carbonyl (C=O) groups excluding carboxylic acids is 1. The van der Waals surface area contributed by atoms with Crippen molar-refractivity contribution in [3.05, 3.63) is 112 Å². The van der Waals surface area contributed by atoms with Gasteiger partial charge in [-0.05, 0) is 72.7 Å². The number of alkyl halides is 6. The molecule has 1 aliphatic heterocycles. The average Bonchev–Trinajstić information content (AvgIpc) is 3.14. The number of rotatable bonds is 5. The first-order valence-electron chi connectivity index (χ1n) is 10.8. The van der Waals surface area contributed by atoms with Crippen molar-refractivity contribution >= 4 is 23.2 Å². The number of benzene rings is 3. The smallest absolute Gasteiger partial charge is 0.374 e. The van der Waals surface area contributed by atoms with Crippen LogP contribution in [0.2, 0.25) is 5.02 Å². The summed E-state index contributed by atoms with van der Waals surface area (Å²) < 4.78 is 79.2. The molecule has 1 heterocycles. The quantitative estimate of drug-likeness (QED) is 0.347. The van der Waals surface area contributed by atoms with Gasteiger partial charge in [-0.15, -0.1) is 0 Å². The van der Waals surface area contributed by atoms with Crippen LogP contribution < -0.4 is 10.2 Å². The monoisotopic (exact) mass is 524 g/mol. The summed E-state index contributed by atoms with van der Waals surface area (Å²) in [7, 11) is 0. The summed E-state index contributed by atoms with van der Waals surface area (Å²) in [5.41, 5.74) is -0.617. The lowest BCUT2D eigenvalue weighted by molar-refractivity contribution is -0.138. The molecule has 1 amide bonds. The van der Waals surface area contributed by atoms with Gasteiger partial charge in [0.2, 0.25) is 0 Å². The van der Waals surface area contributed by atoms with Crippen LogP contribution in [0.25, 0.3) is 0 Å². The molecular weight excluding hydrogens is 506 g/mol. The van der Waals surface area contributed by atoms with Crippen molar-refractivity contribution in [2.75, 3.05) is 4.90 Å². The summed E-state index contributed by atoms with van der Waals surface area (Å²) in [6, 6.07) is 13.9.